The second kappa shape index (κ2) is 7.98. The Balaban J connectivity index is 1.92. The molecule has 2 aromatic carbocycles. The molecule has 2 unspecified atom stereocenters. The summed E-state index contributed by atoms with van der Waals surface area (Å²) in [5.41, 5.74) is 10.6. The highest BCUT2D eigenvalue weighted by atomic mass is 16.5. The van der Waals surface area contributed by atoms with Gasteiger partial charge >= 0.3 is 0 Å². The number of rotatable bonds is 7. The lowest BCUT2D eigenvalue weighted by molar-refractivity contribution is 0.110. The van der Waals surface area contributed by atoms with E-state index in [-0.39, 0.29) is 6.04 Å². The molecule has 1 heterocycles. The maximum atomic E-state index is 10.1. The molecule has 2 atom stereocenters. The number of methoxy groups -OCH3 is 1. The third-order valence-electron chi connectivity index (χ3n) is 4.92. The summed E-state index contributed by atoms with van der Waals surface area (Å²) in [4.78, 5) is 2.37. The molecule has 3 rings (SSSR count). The number of hydrogen-bond acceptors (Lipinski definition) is 5. The lowest BCUT2D eigenvalue weighted by Gasteiger charge is -2.29. The smallest absolute Gasteiger partial charge is 0.161 e. The fraction of sp³-hybridized carbons (Fsp3) is 0.429. The molecule has 0 aromatic heterocycles. The van der Waals surface area contributed by atoms with E-state index in [1.54, 1.807) is 7.11 Å². The number of anilines is 1. The zero-order valence-corrected chi connectivity index (χ0v) is 15.7. The van der Waals surface area contributed by atoms with Crippen molar-refractivity contribution < 1.29 is 14.6 Å². The van der Waals surface area contributed by atoms with Crippen LogP contribution in [-0.2, 0) is 13.1 Å². The second-order valence-electron chi connectivity index (χ2n) is 6.83. The zero-order valence-electron chi connectivity index (χ0n) is 15.7. The number of aliphatic hydroxyl groups excluding tert-OH is 1. The average molecular weight is 356 g/mol. The van der Waals surface area contributed by atoms with Crippen molar-refractivity contribution in [1.82, 2.24) is 4.90 Å². The minimum atomic E-state index is -0.404. The van der Waals surface area contributed by atoms with E-state index in [9.17, 15) is 5.11 Å². The molecule has 1 aliphatic rings. The fourth-order valence-corrected chi connectivity index (χ4v) is 3.68. The van der Waals surface area contributed by atoms with E-state index in [1.807, 2.05) is 38.1 Å². The zero-order chi connectivity index (χ0) is 18.7. The molecular formula is C21H28N2O3. The number of hydrogen-bond donors (Lipinski definition) is 2. The summed E-state index contributed by atoms with van der Waals surface area (Å²) in [5.74, 6) is 1.46. The van der Waals surface area contributed by atoms with Gasteiger partial charge in [-0.1, -0.05) is 18.2 Å². The summed E-state index contributed by atoms with van der Waals surface area (Å²) < 4.78 is 11.1. The molecule has 0 saturated carbocycles. The van der Waals surface area contributed by atoms with Crippen LogP contribution in [0, 0.1) is 0 Å². The quantitative estimate of drug-likeness (QED) is 0.743. The molecule has 1 aliphatic heterocycles. The van der Waals surface area contributed by atoms with Gasteiger partial charge in [-0.15, -0.1) is 0 Å². The predicted molar refractivity (Wildman–Crippen MR) is 103 cm³/mol. The number of fused-ring (bicyclic) bond motifs is 1. The number of benzene rings is 2. The van der Waals surface area contributed by atoms with Crippen molar-refractivity contribution in [3.05, 3.63) is 53.1 Å². The normalized spacial score (nSPS) is 16.2. The van der Waals surface area contributed by atoms with Crippen molar-refractivity contribution in [2.75, 3.05) is 19.5 Å². The second-order valence-corrected chi connectivity index (χ2v) is 6.83. The van der Waals surface area contributed by atoms with Crippen LogP contribution in [-0.4, -0.2) is 29.8 Å². The van der Waals surface area contributed by atoms with Crippen molar-refractivity contribution in [1.29, 1.82) is 0 Å². The van der Waals surface area contributed by atoms with E-state index in [0.717, 1.165) is 35.8 Å². The third kappa shape index (κ3) is 3.79. The van der Waals surface area contributed by atoms with Gasteiger partial charge in [0.25, 0.3) is 0 Å². The van der Waals surface area contributed by atoms with Crippen LogP contribution in [0.2, 0.25) is 0 Å². The van der Waals surface area contributed by atoms with Crippen molar-refractivity contribution in [3.63, 3.8) is 0 Å². The molecule has 0 radical (unpaired) electrons. The largest absolute Gasteiger partial charge is 0.493 e. The SMILES string of the molecule is CCOc1cc(C(CC(C)O)N2Cc3cccc(N)c3C2)ccc1OC. The van der Waals surface area contributed by atoms with Crippen LogP contribution in [0.3, 0.4) is 0 Å². The summed E-state index contributed by atoms with van der Waals surface area (Å²) in [5, 5.41) is 10.1. The number of aliphatic hydroxyl groups is 1. The van der Waals surface area contributed by atoms with Crippen LogP contribution in [0.15, 0.2) is 36.4 Å². The number of nitrogens with two attached hydrogens (primary N) is 1. The van der Waals surface area contributed by atoms with Gasteiger partial charge in [0.15, 0.2) is 11.5 Å². The molecule has 5 heteroatoms. The lowest BCUT2D eigenvalue weighted by Crippen LogP contribution is -2.26. The Bertz CT molecular complexity index is 761. The number of nitrogens with zero attached hydrogens (tertiary/aromatic N) is 1. The third-order valence-corrected chi connectivity index (χ3v) is 4.92. The van der Waals surface area contributed by atoms with Crippen molar-refractivity contribution in [3.8, 4) is 11.5 Å². The Labute approximate surface area is 155 Å². The van der Waals surface area contributed by atoms with Crippen LogP contribution in [0.4, 0.5) is 5.69 Å². The topological polar surface area (TPSA) is 68.0 Å². The number of ether oxygens (including phenoxy) is 2. The molecule has 3 N–H and O–H groups in total. The first-order valence-corrected chi connectivity index (χ1v) is 9.12. The van der Waals surface area contributed by atoms with Crippen molar-refractivity contribution >= 4 is 5.69 Å². The first-order valence-electron chi connectivity index (χ1n) is 9.12. The molecule has 0 fully saturated rings. The van der Waals surface area contributed by atoms with Crippen LogP contribution in [0.25, 0.3) is 0 Å². The van der Waals surface area contributed by atoms with Gasteiger partial charge in [0.2, 0.25) is 0 Å². The minimum absolute atomic E-state index is 0.0758. The molecule has 140 valence electrons. The van der Waals surface area contributed by atoms with Crippen molar-refractivity contribution in [2.24, 2.45) is 0 Å². The molecule has 0 saturated heterocycles. The van der Waals surface area contributed by atoms with E-state index in [0.29, 0.717) is 13.0 Å². The molecule has 2 aromatic rings. The van der Waals surface area contributed by atoms with Crippen LogP contribution in [0.5, 0.6) is 11.5 Å². The highest BCUT2D eigenvalue weighted by Gasteiger charge is 2.29. The van der Waals surface area contributed by atoms with E-state index in [4.69, 9.17) is 15.2 Å². The Morgan fingerprint density at radius 1 is 1.19 bits per heavy atom. The Hall–Kier alpha value is -2.24. The molecule has 0 aliphatic carbocycles. The van der Waals surface area contributed by atoms with Gasteiger partial charge in [-0.2, -0.15) is 0 Å². The molecule has 0 bridgehead atoms. The first-order chi connectivity index (χ1) is 12.5. The Morgan fingerprint density at radius 3 is 2.65 bits per heavy atom. The predicted octanol–water partition coefficient (Wildman–Crippen LogP) is 3.50. The molecule has 5 nitrogen and oxygen atoms in total. The monoisotopic (exact) mass is 356 g/mol. The standard InChI is InChI=1S/C21H28N2O3/c1-4-26-21-11-15(8-9-20(21)25-3)19(10-14(2)24)23-12-16-6-5-7-18(22)17(16)13-23/h5-9,11,14,19,24H,4,10,12-13,22H2,1-3H3. The van der Waals surface area contributed by atoms with E-state index in [2.05, 4.69) is 17.0 Å². The number of nitrogen functional groups attached to an aromatic ring is 1. The summed E-state index contributed by atoms with van der Waals surface area (Å²) in [6.45, 7) is 5.98. The van der Waals surface area contributed by atoms with Crippen LogP contribution in [0.1, 0.15) is 43.0 Å². The van der Waals surface area contributed by atoms with Crippen molar-refractivity contribution in [2.45, 2.75) is 45.5 Å². The highest BCUT2D eigenvalue weighted by molar-refractivity contribution is 5.53. The Morgan fingerprint density at radius 2 is 2.00 bits per heavy atom. The average Bonchev–Trinajstić information content (AvgIpc) is 3.05. The first kappa shape index (κ1) is 18.5. The van der Waals surface area contributed by atoms with Gasteiger partial charge in [-0.05, 0) is 55.2 Å². The van der Waals surface area contributed by atoms with Crippen LogP contribution >= 0.6 is 0 Å². The lowest BCUT2D eigenvalue weighted by atomic mass is 9.99. The van der Waals surface area contributed by atoms with E-state index < -0.39 is 6.10 Å². The van der Waals surface area contributed by atoms with Gasteiger partial charge in [-0.3, -0.25) is 4.90 Å². The van der Waals surface area contributed by atoms with E-state index >= 15 is 0 Å². The molecule has 0 amide bonds. The van der Waals surface area contributed by atoms with Gasteiger partial charge < -0.3 is 20.3 Å². The summed E-state index contributed by atoms with van der Waals surface area (Å²) >= 11 is 0. The van der Waals surface area contributed by atoms with Crippen LogP contribution < -0.4 is 15.2 Å². The minimum Gasteiger partial charge on any atom is -0.493 e. The summed E-state index contributed by atoms with van der Waals surface area (Å²) in [6.07, 6.45) is 0.241. The summed E-state index contributed by atoms with van der Waals surface area (Å²) in [6, 6.07) is 12.2. The van der Waals surface area contributed by atoms with Gasteiger partial charge in [0.1, 0.15) is 0 Å². The Kier molecular flexibility index (Phi) is 5.69. The molecule has 0 spiro atoms. The molecule has 26 heavy (non-hydrogen) atoms. The molecular weight excluding hydrogens is 328 g/mol. The maximum absolute atomic E-state index is 10.1. The highest BCUT2D eigenvalue weighted by Crippen LogP contribution is 2.39. The van der Waals surface area contributed by atoms with Gasteiger partial charge in [0.05, 0.1) is 19.8 Å². The fourth-order valence-electron chi connectivity index (χ4n) is 3.68. The van der Waals surface area contributed by atoms with Gasteiger partial charge in [0, 0.05) is 24.8 Å². The summed E-state index contributed by atoms with van der Waals surface area (Å²) in [7, 11) is 1.64. The van der Waals surface area contributed by atoms with Gasteiger partial charge in [-0.25, -0.2) is 0 Å². The maximum Gasteiger partial charge on any atom is 0.161 e. The van der Waals surface area contributed by atoms with E-state index in [1.165, 1.54) is 11.1 Å².